The van der Waals surface area contributed by atoms with Crippen molar-refractivity contribution in [3.05, 3.63) is 146 Å². The first kappa shape index (κ1) is 79.0. The van der Waals surface area contributed by atoms with Crippen molar-refractivity contribution in [3.63, 3.8) is 0 Å². The number of amides is 1. The molecule has 87 heavy (non-hydrogen) atoms. The Morgan fingerprint density at radius 2 is 0.805 bits per heavy atom. The smallest absolute Gasteiger partial charge is 0.220 e. The molecule has 2 rings (SSSR count). The van der Waals surface area contributed by atoms with Gasteiger partial charge in [0.2, 0.25) is 5.91 Å². The van der Waals surface area contributed by atoms with E-state index in [4.69, 9.17) is 18.9 Å². The molecular formula is C73H119NO13. The molecule has 9 N–H and O–H groups in total. The monoisotopic (exact) mass is 1220 g/mol. The topological polar surface area (TPSA) is 228 Å². The summed E-state index contributed by atoms with van der Waals surface area (Å²) in [6.07, 6.45) is 67.5. The van der Waals surface area contributed by atoms with Crippen molar-refractivity contribution in [2.75, 3.05) is 19.8 Å². The lowest BCUT2D eigenvalue weighted by atomic mass is 9.97. The van der Waals surface area contributed by atoms with Crippen LogP contribution in [0.3, 0.4) is 0 Å². The third-order valence-electron chi connectivity index (χ3n) is 15.3. The molecule has 0 aromatic rings. The fourth-order valence-electron chi connectivity index (χ4n) is 9.92. The van der Waals surface area contributed by atoms with Crippen LogP contribution in [0.15, 0.2) is 146 Å². The summed E-state index contributed by atoms with van der Waals surface area (Å²) in [6.45, 7) is 2.63. The summed E-state index contributed by atoms with van der Waals surface area (Å²) in [4.78, 5) is 13.3. The van der Waals surface area contributed by atoms with Crippen LogP contribution >= 0.6 is 0 Å². The van der Waals surface area contributed by atoms with E-state index in [1.165, 1.54) is 89.9 Å². The lowest BCUT2D eigenvalue weighted by Gasteiger charge is -2.46. The van der Waals surface area contributed by atoms with Crippen molar-refractivity contribution < 1.29 is 64.6 Å². The Kier molecular flexibility index (Phi) is 50.7. The fraction of sp³-hybridized carbons (Fsp3) is 0.658. The zero-order chi connectivity index (χ0) is 63.1. The summed E-state index contributed by atoms with van der Waals surface area (Å²) in [7, 11) is 0. The van der Waals surface area contributed by atoms with Crippen molar-refractivity contribution >= 4 is 5.91 Å². The second-order valence-corrected chi connectivity index (χ2v) is 22.9. The van der Waals surface area contributed by atoms with E-state index in [2.05, 4.69) is 153 Å². The van der Waals surface area contributed by atoms with Crippen LogP contribution in [0.2, 0.25) is 0 Å². The zero-order valence-electron chi connectivity index (χ0n) is 53.4. The Bertz CT molecular complexity index is 2020. The van der Waals surface area contributed by atoms with Gasteiger partial charge >= 0.3 is 0 Å². The Balaban J connectivity index is 1.75. The largest absolute Gasteiger partial charge is 0.394 e. The number of hydrogen-bond donors (Lipinski definition) is 9. The fourth-order valence-corrected chi connectivity index (χ4v) is 9.92. The lowest BCUT2D eigenvalue weighted by molar-refractivity contribution is -0.359. The van der Waals surface area contributed by atoms with Gasteiger partial charge in [0.05, 0.1) is 32.0 Å². The third kappa shape index (κ3) is 40.3. The third-order valence-corrected chi connectivity index (χ3v) is 15.3. The standard InChI is InChI=1S/C73H119NO13/c1-3-5-7-9-11-13-15-17-19-21-23-25-26-27-28-29-30-31-32-33-34-35-36-37-39-41-43-45-47-49-51-53-55-57-65(78)74-61(62(77)56-54-52-50-48-46-44-42-40-38-24-22-20-18-16-14-12-10-8-6-4-2)60-84-72-70(83)68(81)71(64(59-76)86-72)87-73-69(82)67(80)66(79)63(58-75)85-73/h5,7,11,13,17,19,23,25,27-28,30-31,33-34,36-37,41,43,46-49,54,56,61-64,66-73,75-77,79-83H,3-4,6,8-10,12,14-16,18,20-22,24,26,29,32,35,38-40,42,44-45,50-53,55,57-60H2,1-2H3,(H,74,78)/b7-5-,13-11-,19-17-,25-23-,28-27-,31-30-,34-33-,37-36-,43-41-,48-46+,49-47-,56-54+. The highest BCUT2D eigenvalue weighted by atomic mass is 16.7. The quantitative estimate of drug-likeness (QED) is 0.0204. The van der Waals surface area contributed by atoms with E-state index in [0.717, 1.165) is 89.9 Å². The number of unbranched alkanes of at least 4 members (excludes halogenated alkanes) is 17. The number of carbonyl (C=O) groups excluding carboxylic acids is 1. The predicted octanol–water partition coefficient (Wildman–Crippen LogP) is 13.3. The van der Waals surface area contributed by atoms with Crippen LogP contribution in [-0.2, 0) is 23.7 Å². The molecule has 2 fully saturated rings. The van der Waals surface area contributed by atoms with E-state index in [1.54, 1.807) is 6.08 Å². The first-order chi connectivity index (χ1) is 42.6. The van der Waals surface area contributed by atoms with Crippen molar-refractivity contribution in [3.8, 4) is 0 Å². The van der Waals surface area contributed by atoms with Crippen LogP contribution in [0.4, 0.5) is 0 Å². The van der Waals surface area contributed by atoms with Crippen molar-refractivity contribution in [1.29, 1.82) is 0 Å². The van der Waals surface area contributed by atoms with Gasteiger partial charge in [-0.1, -0.05) is 243 Å². The number of allylic oxidation sites excluding steroid dienone is 23. The Morgan fingerprint density at radius 1 is 0.425 bits per heavy atom. The number of carbonyl (C=O) groups is 1. The summed E-state index contributed by atoms with van der Waals surface area (Å²) in [5.74, 6) is -0.297. The molecule has 0 bridgehead atoms. The lowest BCUT2D eigenvalue weighted by Crippen LogP contribution is -2.65. The molecule has 12 unspecified atom stereocenters. The van der Waals surface area contributed by atoms with Gasteiger partial charge in [-0.25, -0.2) is 0 Å². The molecule has 1 amide bonds. The van der Waals surface area contributed by atoms with Gasteiger partial charge < -0.3 is 65.1 Å². The van der Waals surface area contributed by atoms with Crippen LogP contribution in [0.1, 0.15) is 213 Å². The van der Waals surface area contributed by atoms with Crippen LogP contribution in [-0.4, -0.2) is 140 Å². The summed E-state index contributed by atoms with van der Waals surface area (Å²) in [5.41, 5.74) is 0. The second-order valence-electron chi connectivity index (χ2n) is 22.9. The molecule has 0 aromatic heterocycles. The van der Waals surface area contributed by atoms with Crippen molar-refractivity contribution in [2.24, 2.45) is 0 Å². The first-order valence-electron chi connectivity index (χ1n) is 33.6. The van der Waals surface area contributed by atoms with Gasteiger partial charge in [-0.3, -0.25) is 4.79 Å². The van der Waals surface area contributed by atoms with E-state index in [9.17, 15) is 45.6 Å². The van der Waals surface area contributed by atoms with Gasteiger partial charge in [0.15, 0.2) is 12.6 Å². The number of aliphatic hydroxyl groups is 8. The highest BCUT2D eigenvalue weighted by molar-refractivity contribution is 5.76. The summed E-state index contributed by atoms with van der Waals surface area (Å²) < 4.78 is 22.8. The summed E-state index contributed by atoms with van der Waals surface area (Å²) in [6, 6.07) is -0.967. The average Bonchev–Trinajstić information content (AvgIpc) is 2.59. The summed E-state index contributed by atoms with van der Waals surface area (Å²) in [5, 5.41) is 87.3. The Morgan fingerprint density at radius 3 is 1.26 bits per heavy atom. The Labute approximate surface area is 525 Å². The van der Waals surface area contributed by atoms with Crippen LogP contribution in [0.25, 0.3) is 0 Å². The SMILES string of the molecule is CC/C=C\C/C=C\C/C=C\C/C=C\C/C=C\C/C=C\C/C=C\C/C=C\C/C=C\C/C=C\CCCCC(=O)NC(COC1OC(CO)C(OC2OC(CO)C(O)C(O)C2O)C(O)C1O)C(O)/C=C/CC/C=C/CCCCCCCCCCCCCCCC. The highest BCUT2D eigenvalue weighted by Gasteiger charge is 2.51. The minimum absolute atomic E-state index is 0.208. The maximum Gasteiger partial charge on any atom is 0.220 e. The normalized spacial score (nSPS) is 24.3. The number of aliphatic hydroxyl groups excluding tert-OH is 8. The van der Waals surface area contributed by atoms with E-state index >= 15 is 0 Å². The van der Waals surface area contributed by atoms with Crippen molar-refractivity contribution in [1.82, 2.24) is 5.32 Å². The highest BCUT2D eigenvalue weighted by Crippen LogP contribution is 2.30. The number of rotatable bonds is 52. The minimum atomic E-state index is -1.80. The zero-order valence-corrected chi connectivity index (χ0v) is 53.4. The van der Waals surface area contributed by atoms with Gasteiger partial charge in [-0.15, -0.1) is 0 Å². The van der Waals surface area contributed by atoms with E-state index in [0.29, 0.717) is 12.8 Å². The van der Waals surface area contributed by atoms with Gasteiger partial charge in [-0.05, 0) is 109 Å². The first-order valence-corrected chi connectivity index (χ1v) is 33.6. The molecule has 2 saturated heterocycles. The van der Waals surface area contributed by atoms with Gasteiger partial charge in [-0.2, -0.15) is 0 Å². The van der Waals surface area contributed by atoms with Gasteiger partial charge in [0.1, 0.15) is 48.8 Å². The van der Waals surface area contributed by atoms with Gasteiger partial charge in [0, 0.05) is 6.42 Å². The predicted molar refractivity (Wildman–Crippen MR) is 354 cm³/mol. The van der Waals surface area contributed by atoms with Crippen LogP contribution in [0.5, 0.6) is 0 Å². The number of hydrogen-bond acceptors (Lipinski definition) is 13. The van der Waals surface area contributed by atoms with Gasteiger partial charge in [0.25, 0.3) is 0 Å². The van der Waals surface area contributed by atoms with Crippen LogP contribution < -0.4 is 5.32 Å². The number of ether oxygens (including phenoxy) is 4. The Hall–Kier alpha value is -4.13. The van der Waals surface area contributed by atoms with Crippen LogP contribution in [0, 0.1) is 0 Å². The minimum Gasteiger partial charge on any atom is -0.394 e. The molecule has 14 nitrogen and oxygen atoms in total. The van der Waals surface area contributed by atoms with Crippen molar-refractivity contribution in [2.45, 2.75) is 286 Å². The molecule has 2 aliphatic heterocycles. The molecule has 0 aromatic carbocycles. The maximum atomic E-state index is 13.3. The molecule has 2 heterocycles. The van der Waals surface area contributed by atoms with E-state index in [1.807, 2.05) is 6.08 Å². The average molecular weight is 1220 g/mol. The molecule has 0 aliphatic carbocycles. The number of nitrogens with one attached hydrogen (secondary N) is 1. The van der Waals surface area contributed by atoms with E-state index < -0.39 is 86.8 Å². The molecule has 0 spiro atoms. The molecule has 0 saturated carbocycles. The molecule has 12 atom stereocenters. The maximum absolute atomic E-state index is 13.3. The summed E-state index contributed by atoms with van der Waals surface area (Å²) >= 11 is 0. The molecule has 494 valence electrons. The molecule has 0 radical (unpaired) electrons. The molecule has 2 aliphatic rings. The second kappa shape index (κ2) is 55.9. The van der Waals surface area contributed by atoms with E-state index in [-0.39, 0.29) is 18.9 Å². The molecule has 14 heteroatoms. The molecular weight excluding hydrogens is 1100 g/mol.